The van der Waals surface area contributed by atoms with Gasteiger partial charge in [0.1, 0.15) is 17.2 Å². The average molecular weight is 376 g/mol. The topological polar surface area (TPSA) is 40.0 Å². The third-order valence-corrected chi connectivity index (χ3v) is 4.24. The molecule has 0 atom stereocenters. The van der Waals surface area contributed by atoms with Gasteiger partial charge in [0.2, 0.25) is 8.32 Å². The van der Waals surface area contributed by atoms with Gasteiger partial charge in [0.15, 0.2) is 5.88 Å². The zero-order valence-corrected chi connectivity index (χ0v) is 16.6. The summed E-state index contributed by atoms with van der Waals surface area (Å²) >= 11 is 6.31. The van der Waals surface area contributed by atoms with Crippen LogP contribution in [0.3, 0.4) is 0 Å². The van der Waals surface area contributed by atoms with Gasteiger partial charge in [0, 0.05) is 6.21 Å². The molecule has 132 valence electrons. The number of halogens is 1. The van der Waals surface area contributed by atoms with Crippen LogP contribution in [0.4, 0.5) is 0 Å². The molecule has 0 unspecified atom stereocenters. The van der Waals surface area contributed by atoms with Crippen LogP contribution in [0.1, 0.15) is 5.56 Å². The molecule has 0 fully saturated rings. The summed E-state index contributed by atoms with van der Waals surface area (Å²) in [5, 5.41) is 0.538. The molecule has 2 rings (SSSR count). The van der Waals surface area contributed by atoms with E-state index in [1.54, 1.807) is 19.4 Å². The van der Waals surface area contributed by atoms with Gasteiger partial charge in [-0.2, -0.15) is 0 Å². The smallest absolute Gasteiger partial charge is 0.244 e. The van der Waals surface area contributed by atoms with E-state index in [1.165, 1.54) is 0 Å². The minimum Gasteiger partial charge on any atom is -0.532 e. The number of aliphatic imine (C=N–C) groups is 1. The van der Waals surface area contributed by atoms with Crippen molar-refractivity contribution in [1.29, 1.82) is 0 Å². The number of rotatable bonds is 7. The van der Waals surface area contributed by atoms with Crippen molar-refractivity contribution < 1.29 is 13.9 Å². The number of benzene rings is 2. The Kier molecular flexibility index (Phi) is 6.28. The summed E-state index contributed by atoms with van der Waals surface area (Å²) in [5.41, 5.74) is 0.667. The summed E-state index contributed by atoms with van der Waals surface area (Å²) in [7, 11) is -0.123. The molecule has 0 saturated heterocycles. The molecule has 0 bridgehead atoms. The Bertz CT molecular complexity index is 767. The summed E-state index contributed by atoms with van der Waals surface area (Å²) in [4.78, 5) is 4.28. The van der Waals surface area contributed by atoms with Gasteiger partial charge < -0.3 is 13.9 Å². The fourth-order valence-corrected chi connectivity index (χ4v) is 2.99. The van der Waals surface area contributed by atoms with Crippen LogP contribution in [-0.2, 0) is 4.43 Å². The normalized spacial score (nSPS) is 11.4. The fraction of sp³-hybridized carbons (Fsp3) is 0.211. The van der Waals surface area contributed by atoms with E-state index >= 15 is 0 Å². The lowest BCUT2D eigenvalue weighted by Crippen LogP contribution is -2.24. The van der Waals surface area contributed by atoms with Crippen molar-refractivity contribution in [3.8, 4) is 17.2 Å². The fourth-order valence-electron chi connectivity index (χ4n) is 2.02. The second kappa shape index (κ2) is 8.23. The highest BCUT2D eigenvalue weighted by atomic mass is 35.5. The van der Waals surface area contributed by atoms with Crippen molar-refractivity contribution in [2.24, 2.45) is 4.99 Å². The van der Waals surface area contributed by atoms with Gasteiger partial charge in [-0.25, -0.2) is 4.99 Å². The number of methoxy groups -OCH3 is 1. The molecule has 0 aromatic heterocycles. The molecule has 4 nitrogen and oxygen atoms in total. The molecule has 6 heteroatoms. The van der Waals surface area contributed by atoms with E-state index in [2.05, 4.69) is 31.2 Å². The van der Waals surface area contributed by atoms with Gasteiger partial charge in [0.05, 0.1) is 17.7 Å². The van der Waals surface area contributed by atoms with Crippen LogP contribution in [0.2, 0.25) is 24.7 Å². The molecule has 0 aliphatic heterocycles. The molecule has 2 aromatic carbocycles. The molecular formula is C19H22ClNO3Si. The van der Waals surface area contributed by atoms with Gasteiger partial charge in [-0.1, -0.05) is 17.7 Å². The quantitative estimate of drug-likeness (QED) is 0.344. The lowest BCUT2D eigenvalue weighted by molar-refractivity contribution is 0.412. The highest BCUT2D eigenvalue weighted by Gasteiger charge is 2.16. The summed E-state index contributed by atoms with van der Waals surface area (Å²) in [6, 6.07) is 12.8. The summed E-state index contributed by atoms with van der Waals surface area (Å²) in [6.07, 6.45) is 1.61. The first-order valence-corrected chi connectivity index (χ1v) is 11.6. The van der Waals surface area contributed by atoms with Crippen LogP contribution < -0.4 is 9.47 Å². The van der Waals surface area contributed by atoms with Gasteiger partial charge in [-0.15, -0.1) is 0 Å². The molecule has 25 heavy (non-hydrogen) atoms. The van der Waals surface area contributed by atoms with E-state index in [0.29, 0.717) is 28.0 Å². The van der Waals surface area contributed by atoms with Gasteiger partial charge >= 0.3 is 0 Å². The maximum absolute atomic E-state index is 6.31. The summed E-state index contributed by atoms with van der Waals surface area (Å²) < 4.78 is 16.8. The van der Waals surface area contributed by atoms with Crippen molar-refractivity contribution in [2.45, 2.75) is 19.6 Å². The second-order valence-corrected chi connectivity index (χ2v) is 11.1. The van der Waals surface area contributed by atoms with Crippen molar-refractivity contribution in [1.82, 2.24) is 0 Å². The summed E-state index contributed by atoms with van der Waals surface area (Å²) in [5.74, 6) is 2.41. The predicted octanol–water partition coefficient (Wildman–Crippen LogP) is 5.88. The number of hydrogen-bond donors (Lipinski definition) is 0. The van der Waals surface area contributed by atoms with Crippen molar-refractivity contribution in [2.75, 3.05) is 7.11 Å². The highest BCUT2D eigenvalue weighted by molar-refractivity contribution is 6.70. The molecule has 0 spiro atoms. The third kappa shape index (κ3) is 5.96. The highest BCUT2D eigenvalue weighted by Crippen LogP contribution is 2.30. The molecule has 0 amide bonds. The summed E-state index contributed by atoms with van der Waals surface area (Å²) in [6.45, 7) is 10.0. The van der Waals surface area contributed by atoms with E-state index < -0.39 is 8.32 Å². The van der Waals surface area contributed by atoms with Gasteiger partial charge in [-0.3, -0.25) is 0 Å². The van der Waals surface area contributed by atoms with Crippen molar-refractivity contribution in [3.05, 3.63) is 65.5 Å². The molecule has 2 aromatic rings. The monoisotopic (exact) mass is 375 g/mol. The Morgan fingerprint density at radius 1 is 1.08 bits per heavy atom. The first kappa shape index (κ1) is 19.1. The van der Waals surface area contributed by atoms with Crippen LogP contribution in [-0.4, -0.2) is 21.6 Å². The SMILES string of the molecule is C=C(N=Cc1c(Cl)cccc1Oc1ccc(OC)cc1)O[Si](C)(C)C. The van der Waals surface area contributed by atoms with E-state index in [0.717, 1.165) is 5.75 Å². The lowest BCUT2D eigenvalue weighted by Gasteiger charge is -2.18. The molecule has 0 aliphatic carbocycles. The van der Waals surface area contributed by atoms with E-state index in [1.807, 2.05) is 36.4 Å². The number of ether oxygens (including phenoxy) is 2. The van der Waals surface area contributed by atoms with Crippen LogP contribution in [0.25, 0.3) is 0 Å². The largest absolute Gasteiger partial charge is 0.532 e. The minimum atomic E-state index is -1.75. The lowest BCUT2D eigenvalue weighted by atomic mass is 10.2. The Hall–Kier alpha value is -2.24. The van der Waals surface area contributed by atoms with Crippen molar-refractivity contribution in [3.63, 3.8) is 0 Å². The molecule has 0 N–H and O–H groups in total. The second-order valence-electron chi connectivity index (χ2n) is 6.30. The predicted molar refractivity (Wildman–Crippen MR) is 106 cm³/mol. The van der Waals surface area contributed by atoms with Gasteiger partial charge in [-0.05, 0) is 62.6 Å². The van der Waals surface area contributed by atoms with E-state index in [9.17, 15) is 0 Å². The Labute approximate surface area is 154 Å². The number of hydrogen-bond acceptors (Lipinski definition) is 4. The Morgan fingerprint density at radius 3 is 2.32 bits per heavy atom. The molecule has 0 heterocycles. The molecule has 0 saturated carbocycles. The molecule has 0 aliphatic rings. The standard InChI is InChI=1S/C19H22ClNO3Si/c1-14(24-25(3,4)5)21-13-17-18(20)7-6-8-19(17)23-16-11-9-15(22-2)10-12-16/h6-13H,1H2,2-5H3. The first-order valence-electron chi connectivity index (χ1n) is 7.81. The maximum Gasteiger partial charge on any atom is 0.244 e. The Balaban J connectivity index is 2.22. The maximum atomic E-state index is 6.31. The van der Waals surface area contributed by atoms with E-state index in [4.69, 9.17) is 25.5 Å². The van der Waals surface area contributed by atoms with Crippen LogP contribution in [0, 0.1) is 0 Å². The van der Waals surface area contributed by atoms with Crippen LogP contribution >= 0.6 is 11.6 Å². The zero-order valence-electron chi connectivity index (χ0n) is 14.9. The first-order chi connectivity index (χ1) is 11.8. The van der Waals surface area contributed by atoms with Gasteiger partial charge in [0.25, 0.3) is 0 Å². The molecular weight excluding hydrogens is 354 g/mol. The zero-order chi connectivity index (χ0) is 18.4. The van der Waals surface area contributed by atoms with Crippen LogP contribution in [0.5, 0.6) is 17.2 Å². The average Bonchev–Trinajstić information content (AvgIpc) is 2.53. The number of nitrogens with zero attached hydrogens (tertiary/aromatic N) is 1. The minimum absolute atomic E-state index is 0.370. The Morgan fingerprint density at radius 2 is 1.72 bits per heavy atom. The van der Waals surface area contributed by atoms with Crippen LogP contribution in [0.15, 0.2) is 59.9 Å². The van der Waals surface area contributed by atoms with Crippen molar-refractivity contribution >= 4 is 26.1 Å². The third-order valence-electron chi connectivity index (χ3n) is 3.06. The van der Waals surface area contributed by atoms with E-state index in [-0.39, 0.29) is 0 Å². The molecule has 0 radical (unpaired) electrons.